The highest BCUT2D eigenvalue weighted by Crippen LogP contribution is 2.30. The fourth-order valence-electron chi connectivity index (χ4n) is 2.13. The zero-order valence-corrected chi connectivity index (χ0v) is 17.5. The molecule has 0 aliphatic carbocycles. The van der Waals surface area contributed by atoms with Gasteiger partial charge in [-0.1, -0.05) is 40.6 Å². The van der Waals surface area contributed by atoms with Crippen molar-refractivity contribution in [1.29, 1.82) is 0 Å². The van der Waals surface area contributed by atoms with Gasteiger partial charge in [-0.15, -0.1) is 0 Å². The number of hydrogen-bond acceptors (Lipinski definition) is 5. The van der Waals surface area contributed by atoms with Crippen LogP contribution in [0.2, 0.25) is 0 Å². The minimum atomic E-state index is -0.198. The third-order valence-corrected chi connectivity index (χ3v) is 5.75. The predicted octanol–water partition coefficient (Wildman–Crippen LogP) is 4.99. The van der Waals surface area contributed by atoms with Crippen molar-refractivity contribution in [3.63, 3.8) is 0 Å². The van der Waals surface area contributed by atoms with Crippen LogP contribution in [0.15, 0.2) is 18.2 Å². The Morgan fingerprint density at radius 1 is 1.44 bits per heavy atom. The van der Waals surface area contributed by atoms with Crippen molar-refractivity contribution in [1.82, 2.24) is 4.98 Å². The fourth-order valence-corrected chi connectivity index (χ4v) is 3.60. The first-order valence-electron chi connectivity index (χ1n) is 8.38. The molecule has 1 aromatic carbocycles. The van der Waals surface area contributed by atoms with Gasteiger partial charge >= 0.3 is 0 Å². The van der Waals surface area contributed by atoms with E-state index in [0.29, 0.717) is 11.7 Å². The number of fused-ring (bicyclic) bond motifs is 1. The molecule has 2 rings (SSSR count). The quantitative estimate of drug-likeness (QED) is 0.571. The molecule has 0 saturated heterocycles. The van der Waals surface area contributed by atoms with Crippen molar-refractivity contribution in [2.24, 2.45) is 0 Å². The van der Waals surface area contributed by atoms with Gasteiger partial charge in [0.15, 0.2) is 5.13 Å². The molecule has 1 heterocycles. The second-order valence-corrected chi connectivity index (χ2v) is 8.59. The number of carbonyl (C=O) groups excluding carboxylic acids is 1. The first-order valence-corrected chi connectivity index (χ1v) is 10.1. The van der Waals surface area contributed by atoms with Gasteiger partial charge in [0.05, 0.1) is 27.3 Å². The normalized spacial score (nSPS) is 13.0. The van der Waals surface area contributed by atoms with Crippen molar-refractivity contribution < 1.29 is 14.3 Å². The summed E-state index contributed by atoms with van der Waals surface area (Å²) in [5.41, 5.74) is 0.656. The van der Waals surface area contributed by atoms with Gasteiger partial charge in [-0.2, -0.15) is 0 Å². The molecule has 1 atom stereocenters. The topological polar surface area (TPSA) is 60.5 Å². The van der Waals surface area contributed by atoms with E-state index >= 15 is 0 Å². The van der Waals surface area contributed by atoms with E-state index in [9.17, 15) is 4.79 Å². The number of anilines is 1. The van der Waals surface area contributed by atoms with Crippen LogP contribution in [-0.4, -0.2) is 35.0 Å². The molecule has 7 heteroatoms. The van der Waals surface area contributed by atoms with Crippen LogP contribution in [0, 0.1) is 0 Å². The van der Waals surface area contributed by atoms with E-state index in [1.807, 2.05) is 32.0 Å². The average Bonchev–Trinajstić information content (AvgIpc) is 2.96. The molecular weight excluding hydrogens is 404 g/mol. The van der Waals surface area contributed by atoms with Gasteiger partial charge in [0.2, 0.25) is 5.91 Å². The Hall–Kier alpha value is -1.18. The molecule has 1 unspecified atom stereocenters. The third kappa shape index (κ3) is 5.94. The van der Waals surface area contributed by atoms with E-state index in [1.165, 1.54) is 11.3 Å². The maximum atomic E-state index is 12.1. The van der Waals surface area contributed by atoms with E-state index < -0.39 is 0 Å². The Morgan fingerprint density at radius 2 is 2.20 bits per heavy atom. The monoisotopic (exact) mass is 428 g/mol. The molecule has 5 nitrogen and oxygen atoms in total. The predicted molar refractivity (Wildman–Crippen MR) is 107 cm³/mol. The number of hydrogen-bond donors (Lipinski definition) is 1. The molecule has 2 aromatic rings. The summed E-state index contributed by atoms with van der Waals surface area (Å²) in [6, 6.07) is 5.77. The van der Waals surface area contributed by atoms with Gasteiger partial charge in [0.1, 0.15) is 5.75 Å². The summed E-state index contributed by atoms with van der Waals surface area (Å²) in [6.45, 7) is 6.70. The molecule has 1 amide bonds. The summed E-state index contributed by atoms with van der Waals surface area (Å²) in [5, 5.41) is 3.48. The first kappa shape index (κ1) is 20.1. The lowest BCUT2D eigenvalue weighted by molar-refractivity contribution is -0.115. The number of amides is 1. The Balaban J connectivity index is 2.00. The van der Waals surface area contributed by atoms with Crippen LogP contribution in [0.25, 0.3) is 10.2 Å². The van der Waals surface area contributed by atoms with Gasteiger partial charge in [-0.05, 0) is 38.5 Å². The number of rotatable bonds is 9. The molecule has 138 valence electrons. The molecule has 0 spiro atoms. The number of alkyl halides is 1. The summed E-state index contributed by atoms with van der Waals surface area (Å²) in [4.78, 5) is 16.4. The molecule has 0 fully saturated rings. The number of nitrogens with one attached hydrogen (secondary N) is 1. The Morgan fingerprint density at radius 3 is 2.88 bits per heavy atom. The molecule has 0 saturated carbocycles. The van der Waals surface area contributed by atoms with Crippen LogP contribution in [0.3, 0.4) is 0 Å². The van der Waals surface area contributed by atoms with Gasteiger partial charge in [-0.3, -0.25) is 4.79 Å². The minimum absolute atomic E-state index is 0.0563. The van der Waals surface area contributed by atoms with Crippen LogP contribution >= 0.6 is 27.3 Å². The zero-order valence-electron chi connectivity index (χ0n) is 15.1. The largest absolute Gasteiger partial charge is 0.493 e. The van der Waals surface area contributed by atoms with Crippen molar-refractivity contribution in [2.75, 3.05) is 19.0 Å². The summed E-state index contributed by atoms with van der Waals surface area (Å²) in [6.07, 6.45) is 2.55. The van der Waals surface area contributed by atoms with E-state index in [-0.39, 0.29) is 16.3 Å². The SMILES string of the molecule is CCCC(Br)C(=O)Nc1nc2ccc(OCCC(C)(C)OC)cc2s1. The second-order valence-electron chi connectivity index (χ2n) is 6.46. The van der Waals surface area contributed by atoms with Crippen LogP contribution in [0.5, 0.6) is 5.75 Å². The molecule has 0 radical (unpaired) electrons. The molecule has 0 aliphatic rings. The third-order valence-electron chi connectivity index (χ3n) is 3.94. The Bertz CT molecular complexity index is 717. The van der Waals surface area contributed by atoms with Gasteiger partial charge in [0.25, 0.3) is 0 Å². The van der Waals surface area contributed by atoms with Crippen LogP contribution < -0.4 is 10.1 Å². The second kappa shape index (κ2) is 8.96. The maximum Gasteiger partial charge on any atom is 0.239 e. The molecular formula is C18H25BrN2O3S. The molecule has 25 heavy (non-hydrogen) atoms. The van der Waals surface area contributed by atoms with Crippen LogP contribution in [-0.2, 0) is 9.53 Å². The van der Waals surface area contributed by atoms with Crippen molar-refractivity contribution in [2.45, 2.75) is 50.5 Å². The average molecular weight is 429 g/mol. The fraction of sp³-hybridized carbons (Fsp3) is 0.556. The summed E-state index contributed by atoms with van der Waals surface area (Å²) < 4.78 is 12.2. The Kier molecular flexibility index (Phi) is 7.22. The lowest BCUT2D eigenvalue weighted by Gasteiger charge is -2.22. The number of nitrogens with zero attached hydrogens (tertiary/aromatic N) is 1. The van der Waals surface area contributed by atoms with Crippen LogP contribution in [0.4, 0.5) is 5.13 Å². The molecule has 1 aromatic heterocycles. The van der Waals surface area contributed by atoms with E-state index in [2.05, 4.69) is 33.2 Å². The van der Waals surface area contributed by atoms with E-state index in [4.69, 9.17) is 9.47 Å². The molecule has 0 bridgehead atoms. The highest BCUT2D eigenvalue weighted by molar-refractivity contribution is 9.10. The summed E-state index contributed by atoms with van der Waals surface area (Å²) in [7, 11) is 1.71. The lowest BCUT2D eigenvalue weighted by Crippen LogP contribution is -2.25. The van der Waals surface area contributed by atoms with Gasteiger partial charge in [-0.25, -0.2) is 4.98 Å². The van der Waals surface area contributed by atoms with Crippen LogP contribution in [0.1, 0.15) is 40.0 Å². The van der Waals surface area contributed by atoms with Gasteiger partial charge < -0.3 is 14.8 Å². The first-order chi connectivity index (χ1) is 11.8. The Labute approximate surface area is 161 Å². The number of halogens is 1. The minimum Gasteiger partial charge on any atom is -0.493 e. The number of ether oxygens (including phenoxy) is 2. The maximum absolute atomic E-state index is 12.1. The number of benzene rings is 1. The lowest BCUT2D eigenvalue weighted by atomic mass is 10.1. The number of carbonyl (C=O) groups is 1. The standard InChI is InChI=1S/C18H25BrN2O3S/c1-5-6-13(19)16(22)21-17-20-14-8-7-12(11-15(14)25-17)24-10-9-18(2,3)23-4/h7-8,11,13H,5-6,9-10H2,1-4H3,(H,20,21,22). The summed E-state index contributed by atoms with van der Waals surface area (Å²) in [5.74, 6) is 0.740. The zero-order chi connectivity index (χ0) is 18.4. The van der Waals surface area contributed by atoms with E-state index in [1.54, 1.807) is 7.11 Å². The number of methoxy groups -OCH3 is 1. The molecule has 1 N–H and O–H groups in total. The van der Waals surface area contributed by atoms with Crippen molar-refractivity contribution in [3.8, 4) is 5.75 Å². The van der Waals surface area contributed by atoms with E-state index in [0.717, 1.165) is 35.2 Å². The van der Waals surface area contributed by atoms with Crippen molar-refractivity contribution >= 4 is 48.5 Å². The number of thiazole rings is 1. The highest BCUT2D eigenvalue weighted by Gasteiger charge is 2.17. The van der Waals surface area contributed by atoms with Crippen molar-refractivity contribution in [3.05, 3.63) is 18.2 Å². The van der Waals surface area contributed by atoms with Gasteiger partial charge in [0, 0.05) is 13.5 Å². The number of aromatic nitrogens is 1. The summed E-state index contributed by atoms with van der Waals surface area (Å²) >= 11 is 4.85. The molecule has 0 aliphatic heterocycles. The highest BCUT2D eigenvalue weighted by atomic mass is 79.9. The smallest absolute Gasteiger partial charge is 0.239 e.